The third kappa shape index (κ3) is 6.74. The van der Waals surface area contributed by atoms with Crippen molar-refractivity contribution in [2.45, 2.75) is 67.0 Å². The predicted molar refractivity (Wildman–Crippen MR) is 127 cm³/mol. The normalized spacial score (nSPS) is 12.1. The molecule has 1 unspecified atom stereocenters. The zero-order valence-corrected chi connectivity index (χ0v) is 20.5. The highest BCUT2D eigenvalue weighted by atomic mass is 35.5. The number of carbonyl (C=O) groups is 3. The maximum absolute atomic E-state index is 13.2. The summed E-state index contributed by atoms with van der Waals surface area (Å²) in [5.74, 6) is -1.26. The number of halogens is 1. The van der Waals surface area contributed by atoms with Crippen LogP contribution >= 0.6 is 12.4 Å². The van der Waals surface area contributed by atoms with E-state index < -0.39 is 11.9 Å². The van der Waals surface area contributed by atoms with Crippen LogP contribution in [0.4, 0.5) is 0 Å². The first-order valence-electron chi connectivity index (χ1n) is 10.7. The van der Waals surface area contributed by atoms with Crippen molar-refractivity contribution in [3.8, 4) is 11.6 Å². The number of carbonyl (C=O) groups excluding carboxylic acids is 3. The minimum atomic E-state index is -0.424. The van der Waals surface area contributed by atoms with E-state index in [2.05, 4.69) is 10.3 Å². The second-order valence-electron chi connectivity index (χ2n) is 8.45. The molecule has 2 aromatic rings. The molecule has 0 aliphatic heterocycles. The molecule has 32 heavy (non-hydrogen) atoms. The fourth-order valence-electron chi connectivity index (χ4n) is 2.94. The Morgan fingerprint density at radius 2 is 1.50 bits per heavy atom. The number of pyridine rings is 1. The molecule has 0 bridgehead atoms. The molecule has 0 spiro atoms. The number of Topliss-reactive ketones (excluding diaryl/α,β-unsaturated/α-hetero) is 1. The van der Waals surface area contributed by atoms with Gasteiger partial charge < -0.3 is 14.8 Å². The highest BCUT2D eigenvalue weighted by Crippen LogP contribution is 2.31. The van der Waals surface area contributed by atoms with Gasteiger partial charge in [0.05, 0.1) is 17.9 Å². The molecule has 0 radical (unpaired) electrons. The maximum atomic E-state index is 13.2. The lowest BCUT2D eigenvalue weighted by Gasteiger charge is -2.20. The van der Waals surface area contributed by atoms with Gasteiger partial charge in [-0.25, -0.2) is 4.98 Å². The van der Waals surface area contributed by atoms with Crippen LogP contribution in [-0.2, 0) is 9.59 Å². The molecule has 0 aliphatic carbocycles. The van der Waals surface area contributed by atoms with E-state index in [1.807, 2.05) is 20.8 Å². The summed E-state index contributed by atoms with van der Waals surface area (Å²) in [5.41, 5.74) is 0.766. The van der Waals surface area contributed by atoms with Crippen molar-refractivity contribution in [2.75, 3.05) is 0 Å². The smallest absolute Gasteiger partial charge is 0.315 e. The van der Waals surface area contributed by atoms with Crippen molar-refractivity contribution < 1.29 is 23.9 Å². The molecule has 2 rings (SSSR count). The lowest BCUT2D eigenvalue weighted by Crippen LogP contribution is -2.40. The summed E-state index contributed by atoms with van der Waals surface area (Å²) in [4.78, 5) is 41.8. The Hall–Kier alpha value is -2.51. The second-order valence-corrected chi connectivity index (χ2v) is 8.45. The molecule has 1 aromatic carbocycles. The van der Waals surface area contributed by atoms with Crippen LogP contribution in [0.3, 0.4) is 0 Å². The number of esters is 2. The predicted octanol–water partition coefficient (Wildman–Crippen LogP) is 4.74. The summed E-state index contributed by atoms with van der Waals surface area (Å²) in [6.45, 7) is 12.8. The number of rotatable bonds is 9. The molecule has 0 saturated carbocycles. The number of ether oxygens (including phenoxy) is 2. The Kier molecular flexibility index (Phi) is 10.3. The Labute approximate surface area is 195 Å². The van der Waals surface area contributed by atoms with Crippen LogP contribution in [-0.4, -0.2) is 34.8 Å². The summed E-state index contributed by atoms with van der Waals surface area (Å²) < 4.78 is 10.8. The third-order valence-corrected chi connectivity index (χ3v) is 4.68. The van der Waals surface area contributed by atoms with Gasteiger partial charge in [0, 0.05) is 23.1 Å². The van der Waals surface area contributed by atoms with Crippen molar-refractivity contribution in [1.29, 1.82) is 0 Å². The van der Waals surface area contributed by atoms with E-state index in [1.165, 1.54) is 0 Å². The largest absolute Gasteiger partial charge is 0.424 e. The van der Waals surface area contributed by atoms with Crippen LogP contribution < -0.4 is 14.8 Å². The van der Waals surface area contributed by atoms with Crippen molar-refractivity contribution in [3.05, 3.63) is 29.8 Å². The minimum absolute atomic E-state index is 0. The summed E-state index contributed by atoms with van der Waals surface area (Å²) in [7, 11) is 0. The number of fused-ring (bicyclic) bond motifs is 1. The lowest BCUT2D eigenvalue weighted by molar-refractivity contribution is -0.138. The molecule has 0 saturated heterocycles. The van der Waals surface area contributed by atoms with Crippen LogP contribution in [0.5, 0.6) is 11.6 Å². The zero-order chi connectivity index (χ0) is 23.3. The molecule has 8 heteroatoms. The standard InChI is InChI=1S/C24H32N2O5.ClH/c1-8-18(25-15(6)7)22(27)17-9-11-19(30-23(28)13(2)3)21-16(17)10-12-20(26-21)31-24(29)14(4)5;/h9-15,18,25H,8H2,1-7H3;1H. The van der Waals surface area contributed by atoms with Crippen molar-refractivity contribution in [1.82, 2.24) is 10.3 Å². The molecule has 0 fully saturated rings. The quantitative estimate of drug-likeness (QED) is 0.325. The molecule has 176 valence electrons. The van der Waals surface area contributed by atoms with Crippen LogP contribution in [0.15, 0.2) is 24.3 Å². The van der Waals surface area contributed by atoms with Crippen molar-refractivity contribution in [2.24, 2.45) is 11.8 Å². The Bertz CT molecular complexity index is 972. The molecule has 7 nitrogen and oxygen atoms in total. The number of ketones is 1. The van der Waals surface area contributed by atoms with Crippen LogP contribution in [0.1, 0.15) is 65.2 Å². The summed E-state index contributed by atoms with van der Waals surface area (Å²) >= 11 is 0. The van der Waals surface area contributed by atoms with E-state index >= 15 is 0 Å². The molecular formula is C24H33ClN2O5. The zero-order valence-electron chi connectivity index (χ0n) is 19.7. The number of benzene rings is 1. The molecule has 1 heterocycles. The highest BCUT2D eigenvalue weighted by Gasteiger charge is 2.24. The first-order chi connectivity index (χ1) is 14.5. The summed E-state index contributed by atoms with van der Waals surface area (Å²) in [6, 6.07) is 6.23. The van der Waals surface area contributed by atoms with E-state index in [0.717, 1.165) is 0 Å². The van der Waals surface area contributed by atoms with Crippen molar-refractivity contribution in [3.63, 3.8) is 0 Å². The second kappa shape index (κ2) is 11.9. The Balaban J connectivity index is 0.00000512. The molecule has 0 amide bonds. The lowest BCUT2D eigenvalue weighted by atomic mass is 9.97. The molecule has 0 aliphatic rings. The van der Waals surface area contributed by atoms with Gasteiger partial charge in [-0.3, -0.25) is 14.4 Å². The number of aromatic nitrogens is 1. The first-order valence-corrected chi connectivity index (χ1v) is 10.7. The van der Waals surface area contributed by atoms with Gasteiger partial charge in [-0.05, 0) is 24.6 Å². The average Bonchev–Trinajstić information content (AvgIpc) is 2.71. The first kappa shape index (κ1) is 27.5. The number of hydrogen-bond donors (Lipinski definition) is 1. The van der Waals surface area contributed by atoms with Gasteiger partial charge >= 0.3 is 11.9 Å². The Morgan fingerprint density at radius 1 is 0.906 bits per heavy atom. The fraction of sp³-hybridized carbons (Fsp3) is 0.500. The van der Waals surface area contributed by atoms with Crippen LogP contribution in [0.2, 0.25) is 0 Å². The SMILES string of the molecule is CCC(NC(C)C)C(=O)c1ccc(OC(=O)C(C)C)c2nc(OC(=O)C(C)C)ccc12.Cl. The minimum Gasteiger partial charge on any atom is -0.424 e. The van der Waals surface area contributed by atoms with Gasteiger partial charge in [0.2, 0.25) is 5.88 Å². The van der Waals surface area contributed by atoms with E-state index in [9.17, 15) is 14.4 Å². The number of nitrogens with one attached hydrogen (secondary N) is 1. The van der Waals surface area contributed by atoms with Gasteiger partial charge in [-0.2, -0.15) is 0 Å². The third-order valence-electron chi connectivity index (χ3n) is 4.68. The maximum Gasteiger partial charge on any atom is 0.315 e. The molecular weight excluding hydrogens is 432 g/mol. The van der Waals surface area contributed by atoms with Gasteiger partial charge in [0.15, 0.2) is 11.5 Å². The Morgan fingerprint density at radius 3 is 2.03 bits per heavy atom. The molecule has 1 aromatic heterocycles. The topological polar surface area (TPSA) is 94.6 Å². The van der Waals surface area contributed by atoms with Gasteiger partial charge in [-0.15, -0.1) is 12.4 Å². The van der Waals surface area contributed by atoms with E-state index in [-0.39, 0.29) is 53.7 Å². The summed E-state index contributed by atoms with van der Waals surface area (Å²) in [6.07, 6.45) is 0.625. The monoisotopic (exact) mass is 464 g/mol. The van der Waals surface area contributed by atoms with Crippen LogP contribution in [0, 0.1) is 11.8 Å². The van der Waals surface area contributed by atoms with E-state index in [1.54, 1.807) is 52.0 Å². The number of hydrogen-bond acceptors (Lipinski definition) is 7. The average molecular weight is 465 g/mol. The van der Waals surface area contributed by atoms with E-state index in [4.69, 9.17) is 9.47 Å². The van der Waals surface area contributed by atoms with E-state index in [0.29, 0.717) is 22.9 Å². The van der Waals surface area contributed by atoms with Gasteiger partial charge in [0.1, 0.15) is 5.52 Å². The van der Waals surface area contributed by atoms with Gasteiger partial charge in [-0.1, -0.05) is 48.5 Å². The summed E-state index contributed by atoms with van der Waals surface area (Å²) in [5, 5.41) is 3.81. The molecule has 1 atom stereocenters. The van der Waals surface area contributed by atoms with Crippen LogP contribution in [0.25, 0.3) is 10.9 Å². The van der Waals surface area contributed by atoms with Crippen molar-refractivity contribution >= 4 is 41.0 Å². The van der Waals surface area contributed by atoms with Gasteiger partial charge in [0.25, 0.3) is 0 Å². The fourth-order valence-corrected chi connectivity index (χ4v) is 2.94. The molecule has 1 N–H and O–H groups in total. The number of nitrogens with zero attached hydrogens (tertiary/aromatic N) is 1. The highest BCUT2D eigenvalue weighted by molar-refractivity contribution is 6.11.